The Morgan fingerprint density at radius 3 is 1.35 bits per heavy atom. The van der Waals surface area contributed by atoms with Crippen molar-refractivity contribution < 1.29 is 8.78 Å². The van der Waals surface area contributed by atoms with Gasteiger partial charge in [-0.2, -0.15) is 8.78 Å². The zero-order valence-corrected chi connectivity index (χ0v) is 17.3. The minimum absolute atomic E-state index is 0.312. The van der Waals surface area contributed by atoms with Gasteiger partial charge in [-0.05, 0) is 31.6 Å². The van der Waals surface area contributed by atoms with Crippen LogP contribution in [-0.4, -0.2) is 22.4 Å². The van der Waals surface area contributed by atoms with Crippen LogP contribution in [0.2, 0.25) is 0 Å². The maximum absolute atomic E-state index is 15.7. The molecular weight excluding hydrogens is 292 g/mol. The number of halogens is 2. The largest absolute Gasteiger partial charge is 0.359 e. The Labute approximate surface area is 142 Å². The van der Waals surface area contributed by atoms with Crippen LogP contribution in [0.15, 0.2) is 11.3 Å². The molecule has 0 saturated carbocycles. The van der Waals surface area contributed by atoms with E-state index in [-0.39, 0.29) is 11.0 Å². The van der Waals surface area contributed by atoms with E-state index in [0.29, 0.717) is 5.57 Å². The van der Waals surface area contributed by atoms with Gasteiger partial charge in [0, 0.05) is 22.2 Å². The normalized spacial score (nSPS) is 23.7. The molecule has 0 aromatic rings. The fraction of sp³-hybridized carbons (Fsp3) is 0.900. The molecule has 0 fully saturated rings. The second-order valence-electron chi connectivity index (χ2n) is 11.2. The summed E-state index contributed by atoms with van der Waals surface area (Å²) in [4.78, 5) is 2.02. The lowest BCUT2D eigenvalue weighted by Crippen LogP contribution is -2.57. The molecular formula is C20H37F2N. The Kier molecular flexibility index (Phi) is 4.62. The maximum Gasteiger partial charge on any atom is 0.292 e. The lowest BCUT2D eigenvalue weighted by Gasteiger charge is -2.49. The van der Waals surface area contributed by atoms with E-state index in [9.17, 15) is 0 Å². The van der Waals surface area contributed by atoms with Gasteiger partial charge in [-0.3, -0.25) is 0 Å². The Hall–Kier alpha value is -0.600. The van der Waals surface area contributed by atoms with E-state index in [1.54, 1.807) is 0 Å². The van der Waals surface area contributed by atoms with E-state index >= 15 is 8.78 Å². The van der Waals surface area contributed by atoms with E-state index in [4.69, 9.17) is 0 Å². The molecule has 0 amide bonds. The van der Waals surface area contributed by atoms with Crippen molar-refractivity contribution in [2.45, 2.75) is 101 Å². The number of allylic oxidation sites excluding steroid dienone is 1. The van der Waals surface area contributed by atoms with Crippen molar-refractivity contribution in [2.24, 2.45) is 16.2 Å². The van der Waals surface area contributed by atoms with Gasteiger partial charge in [-0.1, -0.05) is 62.3 Å². The van der Waals surface area contributed by atoms with Crippen LogP contribution in [0.5, 0.6) is 0 Å². The molecule has 1 unspecified atom stereocenters. The fourth-order valence-corrected chi connectivity index (χ4v) is 3.95. The predicted octanol–water partition coefficient (Wildman–Crippen LogP) is 6.50. The number of alkyl halides is 2. The summed E-state index contributed by atoms with van der Waals surface area (Å²) in [6.45, 7) is 23.8. The molecule has 136 valence electrons. The molecule has 1 nitrogen and oxygen atoms in total. The van der Waals surface area contributed by atoms with Gasteiger partial charge in [0.25, 0.3) is 5.92 Å². The van der Waals surface area contributed by atoms with E-state index in [1.165, 1.54) is 0 Å². The van der Waals surface area contributed by atoms with Crippen molar-refractivity contribution in [1.29, 1.82) is 0 Å². The molecule has 0 saturated heterocycles. The molecule has 1 rings (SSSR count). The van der Waals surface area contributed by atoms with E-state index in [1.807, 2.05) is 88.0 Å². The van der Waals surface area contributed by atoms with Gasteiger partial charge in [-0.25, -0.2) is 0 Å². The van der Waals surface area contributed by atoms with Crippen LogP contribution in [0.1, 0.15) is 83.1 Å². The van der Waals surface area contributed by atoms with E-state index in [2.05, 4.69) is 0 Å². The Bertz CT molecular complexity index is 488. The van der Waals surface area contributed by atoms with Crippen molar-refractivity contribution in [3.05, 3.63) is 11.3 Å². The average molecular weight is 330 g/mol. The third-order valence-electron chi connectivity index (χ3n) is 4.42. The summed E-state index contributed by atoms with van der Waals surface area (Å²) in [5.74, 6) is -2.84. The molecule has 0 radical (unpaired) electrons. The summed E-state index contributed by atoms with van der Waals surface area (Å²) in [7, 11) is 0. The summed E-state index contributed by atoms with van der Waals surface area (Å²) in [6, 6.07) is -0.835. The smallest absolute Gasteiger partial charge is 0.292 e. The SMILES string of the molecule is CC(C)(C)C1=C(C(C)(C)C)C(F)(F)C(C(C)(C)C)N1C(C)(C)C. The molecule has 1 aliphatic heterocycles. The molecule has 1 aliphatic rings. The molecule has 0 aromatic carbocycles. The van der Waals surface area contributed by atoms with Crippen LogP contribution < -0.4 is 0 Å². The fourth-order valence-electron chi connectivity index (χ4n) is 3.95. The quantitative estimate of drug-likeness (QED) is 0.490. The lowest BCUT2D eigenvalue weighted by molar-refractivity contribution is -0.0908. The molecule has 0 N–H and O–H groups in total. The molecule has 0 spiro atoms. The highest BCUT2D eigenvalue weighted by Crippen LogP contribution is 2.59. The molecule has 1 atom stereocenters. The Morgan fingerprint density at radius 2 is 1.13 bits per heavy atom. The van der Waals surface area contributed by atoms with Crippen molar-refractivity contribution in [3.63, 3.8) is 0 Å². The lowest BCUT2D eigenvalue weighted by atomic mass is 9.74. The summed E-state index contributed by atoms with van der Waals surface area (Å²) < 4.78 is 31.5. The minimum Gasteiger partial charge on any atom is -0.359 e. The highest BCUT2D eigenvalue weighted by Gasteiger charge is 2.64. The summed E-state index contributed by atoms with van der Waals surface area (Å²) in [5, 5.41) is 0. The monoisotopic (exact) mass is 329 g/mol. The van der Waals surface area contributed by atoms with Gasteiger partial charge in [-0.15, -0.1) is 0 Å². The van der Waals surface area contributed by atoms with Crippen LogP contribution in [0.25, 0.3) is 0 Å². The molecule has 23 heavy (non-hydrogen) atoms. The average Bonchev–Trinajstić information content (AvgIpc) is 2.42. The Morgan fingerprint density at radius 1 is 0.739 bits per heavy atom. The zero-order chi connectivity index (χ0) is 18.8. The van der Waals surface area contributed by atoms with Gasteiger partial charge in [0.2, 0.25) is 0 Å². The van der Waals surface area contributed by atoms with Crippen LogP contribution in [0, 0.1) is 16.2 Å². The number of rotatable bonds is 0. The van der Waals surface area contributed by atoms with Crippen molar-refractivity contribution in [1.82, 2.24) is 4.90 Å². The number of hydrogen-bond donors (Lipinski definition) is 0. The van der Waals surface area contributed by atoms with Gasteiger partial charge < -0.3 is 4.90 Å². The number of hydrogen-bond acceptors (Lipinski definition) is 1. The van der Waals surface area contributed by atoms with Crippen molar-refractivity contribution >= 4 is 0 Å². The van der Waals surface area contributed by atoms with Gasteiger partial charge in [0.15, 0.2) is 0 Å². The maximum atomic E-state index is 15.7. The standard InChI is InChI=1S/C20H37F2N/c1-16(2,3)13-14(17(4,5)6)23(19(10,11)12)15(18(7,8)9)20(13,21)22/h15H,1-12H3. The first-order chi connectivity index (χ1) is 9.73. The highest BCUT2D eigenvalue weighted by atomic mass is 19.3. The zero-order valence-electron chi connectivity index (χ0n) is 17.3. The highest BCUT2D eigenvalue weighted by molar-refractivity contribution is 5.40. The second kappa shape index (κ2) is 5.20. The molecule has 0 aromatic heterocycles. The third-order valence-corrected chi connectivity index (χ3v) is 4.42. The molecule has 0 bridgehead atoms. The first kappa shape index (κ1) is 20.4. The van der Waals surface area contributed by atoms with Crippen LogP contribution >= 0.6 is 0 Å². The van der Waals surface area contributed by atoms with Gasteiger partial charge in [0.05, 0.1) is 0 Å². The second-order valence-corrected chi connectivity index (χ2v) is 11.2. The van der Waals surface area contributed by atoms with Gasteiger partial charge >= 0.3 is 0 Å². The summed E-state index contributed by atoms with van der Waals surface area (Å²) in [6.07, 6.45) is 0. The van der Waals surface area contributed by atoms with Crippen LogP contribution in [0.4, 0.5) is 8.78 Å². The van der Waals surface area contributed by atoms with Crippen LogP contribution in [0.3, 0.4) is 0 Å². The van der Waals surface area contributed by atoms with E-state index < -0.39 is 22.8 Å². The minimum atomic E-state index is -2.84. The molecule has 1 heterocycles. The first-order valence-corrected chi connectivity index (χ1v) is 8.66. The molecule has 3 heteroatoms. The number of nitrogens with zero attached hydrogens (tertiary/aromatic N) is 1. The van der Waals surface area contributed by atoms with Crippen molar-refractivity contribution in [2.75, 3.05) is 0 Å². The van der Waals surface area contributed by atoms with Crippen LogP contribution in [-0.2, 0) is 0 Å². The van der Waals surface area contributed by atoms with Crippen molar-refractivity contribution in [3.8, 4) is 0 Å². The third kappa shape index (κ3) is 3.58. The molecule has 0 aliphatic carbocycles. The summed E-state index contributed by atoms with van der Waals surface area (Å²) >= 11 is 0. The topological polar surface area (TPSA) is 3.24 Å². The predicted molar refractivity (Wildman–Crippen MR) is 95.7 cm³/mol. The summed E-state index contributed by atoms with van der Waals surface area (Å²) in [5.41, 5.74) is -0.665. The first-order valence-electron chi connectivity index (χ1n) is 8.66. The van der Waals surface area contributed by atoms with Gasteiger partial charge in [0.1, 0.15) is 6.04 Å². The van der Waals surface area contributed by atoms with E-state index in [0.717, 1.165) is 5.70 Å². The Balaban J connectivity index is 3.90.